The molecule has 3 aromatic heterocycles. The minimum Gasteiger partial charge on any atom is -0.462 e. The standard InChI is InChI=1S/C16H11ClFN3O3/c1-2-24-16(23)10-8-21(15-11(18)4-3-7-19-15)14-9(13(10)22)5-6-12(17)20-14/h3-8H,2H2,1H3. The van der Waals surface area contributed by atoms with Crippen LogP contribution in [-0.2, 0) is 4.74 Å². The van der Waals surface area contributed by atoms with Crippen molar-refractivity contribution < 1.29 is 13.9 Å². The van der Waals surface area contributed by atoms with Crippen LogP contribution in [0.1, 0.15) is 17.3 Å². The van der Waals surface area contributed by atoms with Gasteiger partial charge in [-0.1, -0.05) is 11.6 Å². The Balaban J connectivity index is 2.40. The number of carbonyl (C=O) groups is 1. The zero-order valence-corrected chi connectivity index (χ0v) is 13.2. The van der Waals surface area contributed by atoms with Crippen LogP contribution in [-0.4, -0.2) is 27.1 Å². The van der Waals surface area contributed by atoms with Gasteiger partial charge in [0, 0.05) is 12.4 Å². The molecule has 3 heterocycles. The molecule has 0 unspecified atom stereocenters. The average molecular weight is 348 g/mol. The minimum absolute atomic E-state index is 0.0955. The first-order valence-corrected chi connectivity index (χ1v) is 7.40. The van der Waals surface area contributed by atoms with Crippen molar-refractivity contribution in [3.63, 3.8) is 0 Å². The molecule has 3 rings (SSSR count). The molecule has 0 radical (unpaired) electrons. The molecule has 3 aromatic rings. The molecule has 0 aromatic carbocycles. The van der Waals surface area contributed by atoms with Crippen molar-refractivity contribution in [1.82, 2.24) is 14.5 Å². The van der Waals surface area contributed by atoms with Gasteiger partial charge in [0.25, 0.3) is 0 Å². The Kier molecular flexibility index (Phi) is 4.26. The first-order chi connectivity index (χ1) is 11.5. The van der Waals surface area contributed by atoms with Crippen LogP contribution in [0.5, 0.6) is 0 Å². The fraction of sp³-hybridized carbons (Fsp3) is 0.125. The SMILES string of the molecule is CCOC(=O)c1cn(-c2ncccc2F)c2nc(Cl)ccc2c1=O. The highest BCUT2D eigenvalue weighted by Crippen LogP contribution is 2.19. The van der Waals surface area contributed by atoms with E-state index in [4.69, 9.17) is 16.3 Å². The summed E-state index contributed by atoms with van der Waals surface area (Å²) in [5.74, 6) is -1.55. The van der Waals surface area contributed by atoms with E-state index >= 15 is 0 Å². The van der Waals surface area contributed by atoms with Gasteiger partial charge in [-0.15, -0.1) is 0 Å². The highest BCUT2D eigenvalue weighted by atomic mass is 35.5. The molecule has 0 aliphatic rings. The summed E-state index contributed by atoms with van der Waals surface area (Å²) in [5.41, 5.74) is -0.711. The number of hydrogen-bond donors (Lipinski definition) is 0. The van der Waals surface area contributed by atoms with Crippen molar-refractivity contribution >= 4 is 28.6 Å². The number of carbonyl (C=O) groups excluding carboxylic acids is 1. The molecule has 0 amide bonds. The minimum atomic E-state index is -0.801. The average Bonchev–Trinajstić information content (AvgIpc) is 2.56. The van der Waals surface area contributed by atoms with E-state index in [1.807, 2.05) is 0 Å². The lowest BCUT2D eigenvalue weighted by Crippen LogP contribution is -2.21. The maximum atomic E-state index is 14.1. The summed E-state index contributed by atoms with van der Waals surface area (Å²) >= 11 is 5.89. The molecule has 0 N–H and O–H groups in total. The summed E-state index contributed by atoms with van der Waals surface area (Å²) in [6.45, 7) is 1.73. The zero-order chi connectivity index (χ0) is 17.3. The molecule has 0 spiro atoms. The molecule has 122 valence electrons. The summed E-state index contributed by atoms with van der Waals surface area (Å²) in [6.07, 6.45) is 2.55. The fourth-order valence-electron chi connectivity index (χ4n) is 2.25. The van der Waals surface area contributed by atoms with Gasteiger partial charge in [-0.3, -0.25) is 9.36 Å². The maximum Gasteiger partial charge on any atom is 0.343 e. The molecule has 0 saturated heterocycles. The maximum absolute atomic E-state index is 14.1. The van der Waals surface area contributed by atoms with Crippen molar-refractivity contribution in [3.8, 4) is 5.82 Å². The van der Waals surface area contributed by atoms with Crippen LogP contribution >= 0.6 is 11.6 Å². The lowest BCUT2D eigenvalue weighted by atomic mass is 10.2. The van der Waals surface area contributed by atoms with Gasteiger partial charge in [0.15, 0.2) is 17.3 Å². The number of esters is 1. The molecule has 24 heavy (non-hydrogen) atoms. The van der Waals surface area contributed by atoms with Gasteiger partial charge in [0.05, 0.1) is 12.0 Å². The van der Waals surface area contributed by atoms with E-state index in [2.05, 4.69) is 9.97 Å². The smallest absolute Gasteiger partial charge is 0.343 e. The van der Waals surface area contributed by atoms with E-state index in [1.165, 1.54) is 35.0 Å². The zero-order valence-electron chi connectivity index (χ0n) is 12.5. The third-order valence-electron chi connectivity index (χ3n) is 3.28. The molecule has 6 nitrogen and oxygen atoms in total. The Hall–Kier alpha value is -2.80. The molecule has 0 aliphatic carbocycles. The number of ether oxygens (including phenoxy) is 1. The van der Waals surface area contributed by atoms with Crippen LogP contribution in [0.2, 0.25) is 5.15 Å². The summed E-state index contributed by atoms with van der Waals surface area (Å²) in [6, 6.07) is 5.48. The van der Waals surface area contributed by atoms with Crippen LogP contribution in [0, 0.1) is 5.82 Å². The molecule has 0 atom stereocenters. The van der Waals surface area contributed by atoms with Crippen molar-refractivity contribution in [1.29, 1.82) is 0 Å². The first kappa shape index (κ1) is 16.1. The summed E-state index contributed by atoms with van der Waals surface area (Å²) in [4.78, 5) is 32.6. The third-order valence-corrected chi connectivity index (χ3v) is 3.49. The Bertz CT molecular complexity index is 1000. The number of halogens is 2. The van der Waals surface area contributed by atoms with Crippen molar-refractivity contribution in [2.75, 3.05) is 6.61 Å². The Morgan fingerprint density at radius 1 is 1.38 bits per heavy atom. The number of aromatic nitrogens is 3. The van der Waals surface area contributed by atoms with E-state index < -0.39 is 17.2 Å². The van der Waals surface area contributed by atoms with Gasteiger partial charge in [0.2, 0.25) is 5.43 Å². The number of pyridine rings is 3. The van der Waals surface area contributed by atoms with Crippen molar-refractivity contribution in [2.45, 2.75) is 6.92 Å². The van der Waals surface area contributed by atoms with Crippen LogP contribution in [0.25, 0.3) is 16.9 Å². The fourth-order valence-corrected chi connectivity index (χ4v) is 2.39. The molecule has 0 bridgehead atoms. The molecular weight excluding hydrogens is 337 g/mol. The van der Waals surface area contributed by atoms with Gasteiger partial charge in [-0.25, -0.2) is 19.2 Å². The second-order valence-corrected chi connectivity index (χ2v) is 5.16. The first-order valence-electron chi connectivity index (χ1n) is 7.03. The van der Waals surface area contributed by atoms with E-state index in [-0.39, 0.29) is 34.2 Å². The highest BCUT2D eigenvalue weighted by molar-refractivity contribution is 6.29. The van der Waals surface area contributed by atoms with E-state index in [1.54, 1.807) is 6.92 Å². The summed E-state index contributed by atoms with van der Waals surface area (Å²) in [7, 11) is 0. The van der Waals surface area contributed by atoms with Gasteiger partial charge in [-0.05, 0) is 31.2 Å². The van der Waals surface area contributed by atoms with Crippen LogP contribution in [0.15, 0.2) is 41.5 Å². The van der Waals surface area contributed by atoms with Crippen molar-refractivity contribution in [2.24, 2.45) is 0 Å². The van der Waals surface area contributed by atoms with Gasteiger partial charge >= 0.3 is 5.97 Å². The van der Waals surface area contributed by atoms with Gasteiger partial charge in [-0.2, -0.15) is 0 Å². The second-order valence-electron chi connectivity index (χ2n) is 4.78. The summed E-state index contributed by atoms with van der Waals surface area (Å²) in [5, 5.41) is 0.228. The van der Waals surface area contributed by atoms with Crippen LogP contribution in [0.3, 0.4) is 0 Å². The monoisotopic (exact) mass is 347 g/mol. The second kappa shape index (κ2) is 6.37. The predicted octanol–water partition coefficient (Wildman–Crippen LogP) is 2.75. The number of rotatable bonds is 3. The van der Waals surface area contributed by atoms with Crippen LogP contribution in [0.4, 0.5) is 4.39 Å². The molecule has 0 saturated carbocycles. The number of nitrogens with zero attached hydrogens (tertiary/aromatic N) is 3. The van der Waals surface area contributed by atoms with Gasteiger partial charge in [0.1, 0.15) is 10.7 Å². The lowest BCUT2D eigenvalue weighted by molar-refractivity contribution is 0.0524. The van der Waals surface area contributed by atoms with Crippen molar-refractivity contribution in [3.05, 3.63) is 63.4 Å². The summed E-state index contributed by atoms with van der Waals surface area (Å²) < 4.78 is 20.2. The Morgan fingerprint density at radius 2 is 2.17 bits per heavy atom. The lowest BCUT2D eigenvalue weighted by Gasteiger charge is -2.12. The highest BCUT2D eigenvalue weighted by Gasteiger charge is 2.19. The number of hydrogen-bond acceptors (Lipinski definition) is 5. The van der Waals surface area contributed by atoms with E-state index in [0.29, 0.717) is 0 Å². The molecule has 0 fully saturated rings. The largest absolute Gasteiger partial charge is 0.462 e. The Morgan fingerprint density at radius 3 is 2.88 bits per heavy atom. The normalized spacial score (nSPS) is 10.8. The molecular formula is C16H11ClFN3O3. The molecule has 0 aliphatic heterocycles. The molecule has 8 heteroatoms. The predicted molar refractivity (Wildman–Crippen MR) is 86.1 cm³/mol. The van der Waals surface area contributed by atoms with Gasteiger partial charge < -0.3 is 4.74 Å². The topological polar surface area (TPSA) is 74.1 Å². The quantitative estimate of drug-likeness (QED) is 0.538. The van der Waals surface area contributed by atoms with Crippen LogP contribution < -0.4 is 5.43 Å². The third kappa shape index (κ3) is 2.74. The number of fused-ring (bicyclic) bond motifs is 1. The van der Waals surface area contributed by atoms with E-state index in [0.717, 1.165) is 6.20 Å². The Labute approximate surface area is 140 Å². The van der Waals surface area contributed by atoms with E-state index in [9.17, 15) is 14.0 Å².